The number of carbonyl (C=O) groups is 1. The van der Waals surface area contributed by atoms with E-state index in [-0.39, 0.29) is 11.9 Å². The molecule has 1 unspecified atom stereocenters. The summed E-state index contributed by atoms with van der Waals surface area (Å²) in [4.78, 5) is 14.8. The number of hydrogen-bond acceptors (Lipinski definition) is 4. The first-order valence-corrected chi connectivity index (χ1v) is 9.23. The lowest BCUT2D eigenvalue weighted by Gasteiger charge is -2.34. The average Bonchev–Trinajstić information content (AvgIpc) is 3.36. The molecule has 1 atom stereocenters. The SMILES string of the molecule is Cc1n[nH]c(C)c1Cc1ccc(C(=O)NCC2Cn3cccc3CN2C)o1. The van der Waals surface area contributed by atoms with Gasteiger partial charge in [0, 0.05) is 55.2 Å². The van der Waals surface area contributed by atoms with Crippen LogP contribution in [0.3, 0.4) is 0 Å². The van der Waals surface area contributed by atoms with Crippen LogP contribution < -0.4 is 5.32 Å². The first kappa shape index (κ1) is 17.6. The Labute approximate surface area is 158 Å². The lowest BCUT2D eigenvalue weighted by molar-refractivity contribution is 0.0896. The Hall–Kier alpha value is -2.80. The van der Waals surface area contributed by atoms with Gasteiger partial charge in [-0.2, -0.15) is 5.10 Å². The molecule has 3 aromatic heterocycles. The van der Waals surface area contributed by atoms with Gasteiger partial charge >= 0.3 is 0 Å². The van der Waals surface area contributed by atoms with Crippen molar-refractivity contribution in [2.45, 2.75) is 39.4 Å². The molecule has 0 fully saturated rings. The van der Waals surface area contributed by atoms with E-state index in [2.05, 4.69) is 50.4 Å². The molecular weight excluding hydrogens is 342 g/mol. The van der Waals surface area contributed by atoms with E-state index in [0.717, 1.165) is 35.8 Å². The lowest BCUT2D eigenvalue weighted by atomic mass is 10.1. The molecule has 4 heterocycles. The van der Waals surface area contributed by atoms with Gasteiger partial charge in [0.25, 0.3) is 5.91 Å². The highest BCUT2D eigenvalue weighted by Gasteiger charge is 2.23. The minimum absolute atomic E-state index is 0.173. The standard InChI is InChI=1S/C20H25N5O2/c1-13-18(14(2)23-22-13)9-17-6-7-19(27-17)20(26)21-10-16-12-25-8-4-5-15(25)11-24(16)3/h4-8,16H,9-12H2,1-3H3,(H,21,26)(H,22,23). The molecule has 0 aliphatic carbocycles. The molecule has 0 spiro atoms. The van der Waals surface area contributed by atoms with E-state index in [4.69, 9.17) is 4.42 Å². The topological polar surface area (TPSA) is 79.1 Å². The lowest BCUT2D eigenvalue weighted by Crippen LogP contribution is -2.47. The minimum Gasteiger partial charge on any atom is -0.456 e. The van der Waals surface area contributed by atoms with Crippen LogP contribution in [0.1, 0.15) is 39.0 Å². The zero-order valence-electron chi connectivity index (χ0n) is 16.0. The maximum Gasteiger partial charge on any atom is 0.287 e. The fourth-order valence-corrected chi connectivity index (χ4v) is 3.64. The number of fused-ring (bicyclic) bond motifs is 1. The fraction of sp³-hybridized carbons (Fsp3) is 0.400. The molecule has 0 bridgehead atoms. The molecule has 7 nitrogen and oxygen atoms in total. The van der Waals surface area contributed by atoms with Crippen molar-refractivity contribution in [1.29, 1.82) is 0 Å². The van der Waals surface area contributed by atoms with Gasteiger partial charge in [0.2, 0.25) is 0 Å². The van der Waals surface area contributed by atoms with E-state index < -0.39 is 0 Å². The van der Waals surface area contributed by atoms with Crippen LogP contribution in [-0.4, -0.2) is 45.2 Å². The number of nitrogens with one attached hydrogen (secondary N) is 2. The second-order valence-corrected chi connectivity index (χ2v) is 7.29. The first-order valence-electron chi connectivity index (χ1n) is 9.23. The van der Waals surface area contributed by atoms with Crippen LogP contribution >= 0.6 is 0 Å². The second kappa shape index (κ2) is 7.08. The number of hydrogen-bond donors (Lipinski definition) is 2. The molecule has 1 aliphatic heterocycles. The summed E-state index contributed by atoms with van der Waals surface area (Å²) < 4.78 is 8.01. The van der Waals surface area contributed by atoms with Crippen molar-refractivity contribution in [3.8, 4) is 0 Å². The molecule has 27 heavy (non-hydrogen) atoms. The van der Waals surface area contributed by atoms with Gasteiger partial charge in [-0.15, -0.1) is 0 Å². The molecule has 1 amide bonds. The van der Waals surface area contributed by atoms with Crippen molar-refractivity contribution in [2.75, 3.05) is 13.6 Å². The van der Waals surface area contributed by atoms with E-state index in [0.29, 0.717) is 18.7 Å². The molecule has 142 valence electrons. The number of nitrogens with zero attached hydrogens (tertiary/aromatic N) is 3. The van der Waals surface area contributed by atoms with Crippen molar-refractivity contribution < 1.29 is 9.21 Å². The number of aryl methyl sites for hydroxylation is 2. The van der Waals surface area contributed by atoms with Crippen LogP contribution in [0.5, 0.6) is 0 Å². The molecule has 0 saturated heterocycles. The number of H-pyrrole nitrogens is 1. The van der Waals surface area contributed by atoms with Gasteiger partial charge in [0.15, 0.2) is 5.76 Å². The summed E-state index contributed by atoms with van der Waals surface area (Å²) in [6.45, 7) is 6.31. The van der Waals surface area contributed by atoms with Crippen LogP contribution in [0.15, 0.2) is 34.9 Å². The largest absolute Gasteiger partial charge is 0.456 e. The highest BCUT2D eigenvalue weighted by atomic mass is 16.3. The Morgan fingerprint density at radius 1 is 1.37 bits per heavy atom. The predicted molar refractivity (Wildman–Crippen MR) is 102 cm³/mol. The Morgan fingerprint density at radius 3 is 3.00 bits per heavy atom. The summed E-state index contributed by atoms with van der Waals surface area (Å²) in [7, 11) is 2.09. The molecule has 4 rings (SSSR count). The van der Waals surface area contributed by atoms with Gasteiger partial charge in [0.1, 0.15) is 5.76 Å². The molecule has 7 heteroatoms. The van der Waals surface area contributed by atoms with E-state index in [1.807, 2.05) is 19.9 Å². The zero-order chi connectivity index (χ0) is 19.0. The van der Waals surface area contributed by atoms with E-state index in [1.54, 1.807) is 6.07 Å². The number of rotatable bonds is 5. The molecule has 3 aromatic rings. The summed E-state index contributed by atoms with van der Waals surface area (Å²) in [5, 5.41) is 10.2. The van der Waals surface area contributed by atoms with Crippen LogP contribution in [0.2, 0.25) is 0 Å². The normalized spacial score (nSPS) is 17.1. The quantitative estimate of drug-likeness (QED) is 0.725. The van der Waals surface area contributed by atoms with Gasteiger partial charge in [0.05, 0.1) is 5.69 Å². The summed E-state index contributed by atoms with van der Waals surface area (Å²) in [6.07, 6.45) is 2.72. The van der Waals surface area contributed by atoms with Crippen LogP contribution in [0.4, 0.5) is 0 Å². The van der Waals surface area contributed by atoms with Crippen LogP contribution in [0, 0.1) is 13.8 Å². The number of aromatic nitrogens is 3. The van der Waals surface area contributed by atoms with Crippen molar-refractivity contribution >= 4 is 5.91 Å². The van der Waals surface area contributed by atoms with Crippen molar-refractivity contribution in [2.24, 2.45) is 0 Å². The summed E-state index contributed by atoms with van der Waals surface area (Å²) >= 11 is 0. The summed E-state index contributed by atoms with van der Waals surface area (Å²) in [5.74, 6) is 0.942. The zero-order valence-corrected chi connectivity index (χ0v) is 16.0. The van der Waals surface area contributed by atoms with Gasteiger partial charge in [-0.1, -0.05) is 0 Å². The Bertz CT molecular complexity index is 932. The third-order valence-corrected chi connectivity index (χ3v) is 5.38. The predicted octanol–water partition coefficient (Wildman–Crippen LogP) is 2.26. The van der Waals surface area contributed by atoms with Gasteiger partial charge in [-0.05, 0) is 45.2 Å². The minimum atomic E-state index is -0.173. The number of amides is 1. The van der Waals surface area contributed by atoms with Crippen molar-refractivity contribution in [3.63, 3.8) is 0 Å². The van der Waals surface area contributed by atoms with Gasteiger partial charge < -0.3 is 14.3 Å². The van der Waals surface area contributed by atoms with E-state index >= 15 is 0 Å². The number of furan rings is 1. The molecule has 0 aromatic carbocycles. The van der Waals surface area contributed by atoms with Gasteiger partial charge in [-0.3, -0.25) is 14.8 Å². The first-order chi connectivity index (χ1) is 13.0. The highest BCUT2D eigenvalue weighted by molar-refractivity contribution is 5.91. The summed E-state index contributed by atoms with van der Waals surface area (Å²) in [5.41, 5.74) is 4.41. The monoisotopic (exact) mass is 367 g/mol. The van der Waals surface area contributed by atoms with Crippen molar-refractivity contribution in [3.05, 3.63) is 64.6 Å². The van der Waals surface area contributed by atoms with E-state index in [9.17, 15) is 4.79 Å². The fourth-order valence-electron chi connectivity index (χ4n) is 3.64. The number of carbonyl (C=O) groups excluding carboxylic acids is 1. The van der Waals surface area contributed by atoms with E-state index in [1.165, 1.54) is 5.69 Å². The molecule has 2 N–H and O–H groups in total. The third kappa shape index (κ3) is 3.55. The molecular formula is C20H25N5O2. The molecule has 0 saturated carbocycles. The molecule has 1 aliphatic rings. The number of likely N-dealkylation sites (N-methyl/N-ethyl adjacent to an activating group) is 1. The maximum atomic E-state index is 12.5. The number of aromatic amines is 1. The van der Waals surface area contributed by atoms with Gasteiger partial charge in [-0.25, -0.2) is 0 Å². The van der Waals surface area contributed by atoms with Crippen LogP contribution in [0.25, 0.3) is 0 Å². The average molecular weight is 367 g/mol. The maximum absolute atomic E-state index is 12.5. The summed E-state index contributed by atoms with van der Waals surface area (Å²) in [6, 6.07) is 8.07. The smallest absolute Gasteiger partial charge is 0.287 e. The molecule has 0 radical (unpaired) electrons. The Balaban J connectivity index is 1.36. The van der Waals surface area contributed by atoms with Crippen LogP contribution in [-0.2, 0) is 19.5 Å². The Morgan fingerprint density at radius 2 is 2.22 bits per heavy atom. The Kier molecular flexibility index (Phi) is 4.61. The third-order valence-electron chi connectivity index (χ3n) is 5.38. The highest BCUT2D eigenvalue weighted by Crippen LogP contribution is 2.18. The van der Waals surface area contributed by atoms with Crippen molar-refractivity contribution in [1.82, 2.24) is 25.0 Å². The second-order valence-electron chi connectivity index (χ2n) is 7.29.